The van der Waals surface area contributed by atoms with Crippen molar-refractivity contribution >= 4 is 111 Å². The van der Waals surface area contributed by atoms with E-state index in [1.807, 2.05) is 0 Å². The quantitative estimate of drug-likeness (QED) is 0.127. The van der Waals surface area contributed by atoms with Crippen molar-refractivity contribution in [2.24, 2.45) is 0 Å². The third-order valence-corrected chi connectivity index (χ3v) is 14.7. The van der Waals surface area contributed by atoms with Gasteiger partial charge in [0.2, 0.25) is 0 Å². The van der Waals surface area contributed by atoms with E-state index in [4.69, 9.17) is 0 Å². The zero-order chi connectivity index (χ0) is 49.0. The Kier molecular flexibility index (Phi) is 10.5. The van der Waals surface area contributed by atoms with Crippen molar-refractivity contribution in [2.45, 2.75) is 0 Å². The van der Waals surface area contributed by atoms with Gasteiger partial charge in [0, 0.05) is 66.4 Å². The molecule has 0 spiro atoms. The Bertz CT molecular complexity index is 4000. The number of hydrogen-bond donors (Lipinski definition) is 0. The predicted molar refractivity (Wildman–Crippen MR) is 315 cm³/mol. The van der Waals surface area contributed by atoms with Gasteiger partial charge < -0.3 is 18.9 Å². The van der Waals surface area contributed by atoms with Crippen molar-refractivity contribution in [1.82, 2.24) is 9.13 Å². The van der Waals surface area contributed by atoms with Crippen molar-refractivity contribution in [1.29, 1.82) is 0 Å². The lowest BCUT2D eigenvalue weighted by Gasteiger charge is -2.27. The fraction of sp³-hybridized carbons (Fsp3) is 0. The van der Waals surface area contributed by atoms with Crippen molar-refractivity contribution in [3.05, 3.63) is 290 Å². The summed E-state index contributed by atoms with van der Waals surface area (Å²) < 4.78 is 4.75. The van der Waals surface area contributed by atoms with E-state index in [-0.39, 0.29) is 0 Å². The first-order valence-corrected chi connectivity index (χ1v) is 25.3. The second kappa shape index (κ2) is 18.1. The second-order valence-corrected chi connectivity index (χ2v) is 19.0. The summed E-state index contributed by atoms with van der Waals surface area (Å²) in [5.41, 5.74) is 15.9. The number of anilines is 6. The molecule has 0 aliphatic carbocycles. The normalized spacial score (nSPS) is 11.7. The van der Waals surface area contributed by atoms with Gasteiger partial charge in [-0.15, -0.1) is 0 Å². The van der Waals surface area contributed by atoms with Crippen molar-refractivity contribution < 1.29 is 0 Å². The van der Waals surface area contributed by atoms with E-state index in [0.717, 1.165) is 56.6 Å². The van der Waals surface area contributed by atoms with Gasteiger partial charge in [0.15, 0.2) is 0 Å². The molecule has 12 aromatic carbocycles. The Hall–Kier alpha value is -9.90. The summed E-state index contributed by atoms with van der Waals surface area (Å²) in [6.07, 6.45) is 4.41. The molecule has 4 nitrogen and oxygen atoms in total. The van der Waals surface area contributed by atoms with Gasteiger partial charge in [-0.2, -0.15) is 0 Å². The van der Waals surface area contributed by atoms with Crippen LogP contribution < -0.4 is 9.80 Å². The SMILES string of the molecule is C(=C\c1ccc(N(c2ccc(-n3c4ccccc4c4ccccc43)cc2)c2cccc3ccccc23)cc1)/c1ccc(N(c2ccc(-n3c4ccccc4c4ccccc43)cc2)c2cccc3ccccc23)cc1. The molecule has 0 aliphatic rings. The lowest BCUT2D eigenvalue weighted by Crippen LogP contribution is -2.10. The highest BCUT2D eigenvalue weighted by Crippen LogP contribution is 2.42. The standard InChI is InChI=1S/C70H48N4/c1-3-19-59-51(15-1)17-13-29-65(59)71(55-41-45-57(46-42-55)73-67-25-9-5-21-61(67)62-22-6-10-26-68(62)73)53-37-33-49(34-38-53)31-32-50-35-39-54(40-36-50)72(66-30-14-18-52-16-2-4-20-60(52)66)56-43-47-58(48-44-56)74-69-27-11-7-23-63(69)64-24-8-12-28-70(64)74/h1-48H/b32-31+. The number of para-hydroxylation sites is 4. The minimum atomic E-state index is 1.09. The van der Waals surface area contributed by atoms with Crippen LogP contribution in [0.3, 0.4) is 0 Å². The summed E-state index contributed by atoms with van der Waals surface area (Å²) >= 11 is 0. The average molecular weight is 945 g/mol. The smallest absolute Gasteiger partial charge is 0.0541 e. The first-order valence-electron chi connectivity index (χ1n) is 25.3. The van der Waals surface area contributed by atoms with E-state index in [9.17, 15) is 0 Å². The molecule has 4 heteroatoms. The Morgan fingerprint density at radius 2 is 0.500 bits per heavy atom. The van der Waals surface area contributed by atoms with Gasteiger partial charge in [-0.3, -0.25) is 0 Å². The molecule has 0 saturated carbocycles. The lowest BCUT2D eigenvalue weighted by atomic mass is 10.1. The van der Waals surface area contributed by atoms with Gasteiger partial charge in [-0.1, -0.05) is 182 Å². The summed E-state index contributed by atoms with van der Waals surface area (Å²) in [6, 6.07) is 101. The fourth-order valence-corrected chi connectivity index (χ4v) is 11.2. The van der Waals surface area contributed by atoms with Gasteiger partial charge in [-0.05, 0) is 131 Å². The molecule has 0 amide bonds. The third-order valence-electron chi connectivity index (χ3n) is 14.7. The molecule has 0 radical (unpaired) electrons. The fourth-order valence-electron chi connectivity index (χ4n) is 11.2. The molecular formula is C70H48N4. The Balaban J connectivity index is 0.779. The zero-order valence-electron chi connectivity index (χ0n) is 40.5. The molecule has 0 N–H and O–H groups in total. The molecule has 14 rings (SSSR count). The van der Waals surface area contributed by atoms with Crippen LogP contribution in [0.2, 0.25) is 0 Å². The number of rotatable bonds is 10. The molecule has 0 bridgehead atoms. The molecule has 0 fully saturated rings. The van der Waals surface area contributed by atoms with Crippen LogP contribution in [0.25, 0.3) is 88.7 Å². The van der Waals surface area contributed by atoms with Crippen LogP contribution in [0.1, 0.15) is 11.1 Å². The van der Waals surface area contributed by atoms with Crippen molar-refractivity contribution in [3.63, 3.8) is 0 Å². The first-order chi connectivity index (χ1) is 36.7. The lowest BCUT2D eigenvalue weighted by molar-refractivity contribution is 1.17. The summed E-state index contributed by atoms with van der Waals surface area (Å²) in [5, 5.41) is 9.84. The summed E-state index contributed by atoms with van der Waals surface area (Å²) in [5.74, 6) is 0. The minimum absolute atomic E-state index is 1.09. The maximum absolute atomic E-state index is 2.38. The molecule has 0 aliphatic heterocycles. The Morgan fingerprint density at radius 1 is 0.230 bits per heavy atom. The molecule has 0 unspecified atom stereocenters. The van der Waals surface area contributed by atoms with Crippen LogP contribution >= 0.6 is 0 Å². The monoisotopic (exact) mass is 944 g/mol. The number of nitrogens with zero attached hydrogens (tertiary/aromatic N) is 4. The first kappa shape index (κ1) is 42.9. The van der Waals surface area contributed by atoms with Crippen LogP contribution in [-0.4, -0.2) is 9.13 Å². The maximum atomic E-state index is 2.38. The van der Waals surface area contributed by atoms with Gasteiger partial charge in [-0.25, -0.2) is 0 Å². The molecular weight excluding hydrogens is 897 g/mol. The van der Waals surface area contributed by atoms with Crippen molar-refractivity contribution in [2.75, 3.05) is 9.80 Å². The van der Waals surface area contributed by atoms with Crippen LogP contribution in [0.4, 0.5) is 34.1 Å². The van der Waals surface area contributed by atoms with Crippen LogP contribution in [-0.2, 0) is 0 Å². The molecule has 2 aromatic heterocycles. The van der Waals surface area contributed by atoms with Crippen molar-refractivity contribution in [3.8, 4) is 11.4 Å². The minimum Gasteiger partial charge on any atom is -0.310 e. The molecule has 0 atom stereocenters. The topological polar surface area (TPSA) is 16.3 Å². The highest BCUT2D eigenvalue weighted by molar-refractivity contribution is 6.10. The van der Waals surface area contributed by atoms with Crippen LogP contribution in [0.15, 0.2) is 279 Å². The number of benzene rings is 12. The number of hydrogen-bond acceptors (Lipinski definition) is 2. The van der Waals surface area contributed by atoms with Crippen LogP contribution in [0.5, 0.6) is 0 Å². The number of aromatic nitrogens is 2. The zero-order valence-corrected chi connectivity index (χ0v) is 40.5. The maximum Gasteiger partial charge on any atom is 0.0541 e. The van der Waals surface area contributed by atoms with Gasteiger partial charge in [0.25, 0.3) is 0 Å². The average Bonchev–Trinajstić information content (AvgIpc) is 4.00. The molecule has 14 aromatic rings. The third kappa shape index (κ3) is 7.39. The molecule has 74 heavy (non-hydrogen) atoms. The molecule has 2 heterocycles. The molecule has 348 valence electrons. The Labute approximate surface area is 429 Å². The van der Waals surface area contributed by atoms with E-state index < -0.39 is 0 Å². The van der Waals surface area contributed by atoms with E-state index in [1.165, 1.54) is 65.2 Å². The highest BCUT2D eigenvalue weighted by Gasteiger charge is 2.19. The predicted octanol–water partition coefficient (Wildman–Crippen LogP) is 19.3. The van der Waals surface area contributed by atoms with E-state index >= 15 is 0 Å². The largest absolute Gasteiger partial charge is 0.310 e. The van der Waals surface area contributed by atoms with E-state index in [1.54, 1.807) is 0 Å². The molecule has 0 saturated heterocycles. The van der Waals surface area contributed by atoms with E-state index in [0.29, 0.717) is 0 Å². The summed E-state index contributed by atoms with van der Waals surface area (Å²) in [6.45, 7) is 0. The second-order valence-electron chi connectivity index (χ2n) is 19.0. The van der Waals surface area contributed by atoms with Crippen LogP contribution in [0, 0.1) is 0 Å². The van der Waals surface area contributed by atoms with Gasteiger partial charge in [0.1, 0.15) is 0 Å². The van der Waals surface area contributed by atoms with Gasteiger partial charge >= 0.3 is 0 Å². The van der Waals surface area contributed by atoms with Gasteiger partial charge in [0.05, 0.1) is 33.4 Å². The Morgan fingerprint density at radius 3 is 0.838 bits per heavy atom. The highest BCUT2D eigenvalue weighted by atomic mass is 15.2. The summed E-state index contributed by atoms with van der Waals surface area (Å²) in [4.78, 5) is 4.76. The number of fused-ring (bicyclic) bond motifs is 8. The summed E-state index contributed by atoms with van der Waals surface area (Å²) in [7, 11) is 0. The van der Waals surface area contributed by atoms with E-state index in [2.05, 4.69) is 310 Å².